The molecule has 1 amide bonds. The molecule has 0 spiro atoms. The molecule has 8 heteroatoms. The minimum absolute atomic E-state index is 0.175. The lowest BCUT2D eigenvalue weighted by molar-refractivity contribution is -0.133. The standard InChI is InChI=1S/C19H18FN3O3S/c1-22(11-13-6-8-14(20)9-7-13)16(24)12-26-18(25)17-15-5-3-4-10-23(15)19(21-17)27-2/h3-10H,11-12H2,1-2H3. The first-order valence-corrected chi connectivity index (χ1v) is 9.38. The summed E-state index contributed by atoms with van der Waals surface area (Å²) in [4.78, 5) is 30.3. The number of pyridine rings is 1. The molecule has 0 N–H and O–H groups in total. The van der Waals surface area contributed by atoms with Crippen molar-refractivity contribution in [2.45, 2.75) is 11.7 Å². The Labute approximate surface area is 160 Å². The summed E-state index contributed by atoms with van der Waals surface area (Å²) in [5.41, 5.74) is 1.58. The molecule has 0 aliphatic rings. The smallest absolute Gasteiger partial charge is 0.359 e. The van der Waals surface area contributed by atoms with Gasteiger partial charge in [-0.1, -0.05) is 30.0 Å². The van der Waals surface area contributed by atoms with E-state index in [2.05, 4.69) is 4.98 Å². The number of hydrogen-bond donors (Lipinski definition) is 0. The molecule has 0 bridgehead atoms. The molecule has 0 aliphatic heterocycles. The van der Waals surface area contributed by atoms with Gasteiger partial charge < -0.3 is 9.64 Å². The van der Waals surface area contributed by atoms with E-state index in [1.54, 1.807) is 35.7 Å². The number of rotatable bonds is 6. The van der Waals surface area contributed by atoms with Crippen LogP contribution in [0.4, 0.5) is 4.39 Å². The Morgan fingerprint density at radius 1 is 1.22 bits per heavy atom. The number of benzene rings is 1. The van der Waals surface area contributed by atoms with Crippen molar-refractivity contribution in [3.8, 4) is 0 Å². The Hall–Kier alpha value is -2.87. The van der Waals surface area contributed by atoms with Crippen LogP contribution in [0.2, 0.25) is 0 Å². The predicted octanol–water partition coefficient (Wildman–Crippen LogP) is 3.01. The number of likely N-dealkylation sites (N-methyl/N-ethyl adjacent to an activating group) is 1. The summed E-state index contributed by atoms with van der Waals surface area (Å²) >= 11 is 1.41. The monoisotopic (exact) mass is 387 g/mol. The third-order valence-corrected chi connectivity index (χ3v) is 4.63. The SMILES string of the molecule is CSc1nc(C(=O)OCC(=O)N(C)Cc2ccc(F)cc2)c2ccccn12. The van der Waals surface area contributed by atoms with Crippen molar-refractivity contribution in [2.24, 2.45) is 0 Å². The summed E-state index contributed by atoms with van der Waals surface area (Å²) in [6, 6.07) is 11.3. The van der Waals surface area contributed by atoms with Crippen LogP contribution in [-0.4, -0.2) is 46.1 Å². The molecule has 2 heterocycles. The number of esters is 1. The molecule has 0 aliphatic carbocycles. The van der Waals surface area contributed by atoms with Gasteiger partial charge in [0.25, 0.3) is 5.91 Å². The lowest BCUT2D eigenvalue weighted by Crippen LogP contribution is -2.30. The highest BCUT2D eigenvalue weighted by atomic mass is 32.2. The molecule has 6 nitrogen and oxygen atoms in total. The number of thioether (sulfide) groups is 1. The fraction of sp³-hybridized carbons (Fsp3) is 0.211. The maximum Gasteiger partial charge on any atom is 0.359 e. The molecule has 0 saturated heterocycles. The van der Waals surface area contributed by atoms with Gasteiger partial charge in [-0.3, -0.25) is 9.20 Å². The van der Waals surface area contributed by atoms with Crippen LogP contribution < -0.4 is 0 Å². The first-order valence-electron chi connectivity index (χ1n) is 8.16. The molecule has 0 saturated carbocycles. The maximum atomic E-state index is 12.9. The van der Waals surface area contributed by atoms with Gasteiger partial charge in [-0.2, -0.15) is 0 Å². The van der Waals surface area contributed by atoms with Gasteiger partial charge in [0.15, 0.2) is 17.5 Å². The fourth-order valence-corrected chi connectivity index (χ4v) is 3.10. The quantitative estimate of drug-likeness (QED) is 0.481. The van der Waals surface area contributed by atoms with Crippen molar-refractivity contribution in [1.29, 1.82) is 0 Å². The van der Waals surface area contributed by atoms with Gasteiger partial charge in [-0.05, 0) is 36.1 Å². The highest BCUT2D eigenvalue weighted by Crippen LogP contribution is 2.20. The van der Waals surface area contributed by atoms with Crippen LogP contribution in [0.5, 0.6) is 0 Å². The second kappa shape index (κ2) is 8.22. The highest BCUT2D eigenvalue weighted by molar-refractivity contribution is 7.98. The molecule has 0 fully saturated rings. The van der Waals surface area contributed by atoms with E-state index < -0.39 is 12.6 Å². The molecule has 0 unspecified atom stereocenters. The third-order valence-electron chi connectivity index (χ3n) is 3.98. The van der Waals surface area contributed by atoms with E-state index in [0.29, 0.717) is 17.2 Å². The summed E-state index contributed by atoms with van der Waals surface area (Å²) in [6.07, 6.45) is 3.68. The second-order valence-electron chi connectivity index (χ2n) is 5.86. The van der Waals surface area contributed by atoms with Gasteiger partial charge >= 0.3 is 5.97 Å². The Bertz CT molecular complexity index is 972. The highest BCUT2D eigenvalue weighted by Gasteiger charge is 2.20. The van der Waals surface area contributed by atoms with Crippen molar-refractivity contribution < 1.29 is 18.7 Å². The number of hydrogen-bond acceptors (Lipinski definition) is 5. The van der Waals surface area contributed by atoms with Crippen LogP contribution in [0.1, 0.15) is 16.1 Å². The zero-order chi connectivity index (χ0) is 19.4. The average molecular weight is 387 g/mol. The van der Waals surface area contributed by atoms with Crippen molar-refractivity contribution in [2.75, 3.05) is 19.9 Å². The number of ether oxygens (including phenoxy) is 1. The second-order valence-corrected chi connectivity index (χ2v) is 6.63. The minimum atomic E-state index is -0.650. The van der Waals surface area contributed by atoms with E-state index in [0.717, 1.165) is 5.56 Å². The number of amides is 1. The number of imidazole rings is 1. The molecule has 3 aromatic rings. The summed E-state index contributed by atoms with van der Waals surface area (Å²) in [7, 11) is 1.59. The van der Waals surface area contributed by atoms with Crippen LogP contribution in [0, 0.1) is 5.82 Å². The summed E-state index contributed by atoms with van der Waals surface area (Å²) < 4.78 is 19.9. The third kappa shape index (κ3) is 4.28. The molecule has 1 aromatic carbocycles. The number of carbonyl (C=O) groups is 2. The lowest BCUT2D eigenvalue weighted by atomic mass is 10.2. The lowest BCUT2D eigenvalue weighted by Gasteiger charge is -2.17. The van der Waals surface area contributed by atoms with E-state index in [1.165, 1.54) is 28.8 Å². The van der Waals surface area contributed by atoms with Gasteiger partial charge in [0.1, 0.15) is 5.82 Å². The molecule has 0 radical (unpaired) electrons. The van der Waals surface area contributed by atoms with Gasteiger partial charge in [0.05, 0.1) is 5.52 Å². The maximum absolute atomic E-state index is 12.9. The number of aromatic nitrogens is 2. The molecule has 2 aromatic heterocycles. The van der Waals surface area contributed by atoms with E-state index in [9.17, 15) is 14.0 Å². The molecule has 0 atom stereocenters. The van der Waals surface area contributed by atoms with Gasteiger partial charge in [-0.25, -0.2) is 14.2 Å². The summed E-state index contributed by atoms with van der Waals surface area (Å²) in [5.74, 6) is -1.35. The van der Waals surface area contributed by atoms with Crippen molar-refractivity contribution in [3.05, 3.63) is 65.7 Å². The van der Waals surface area contributed by atoms with Crippen LogP contribution >= 0.6 is 11.8 Å². The number of fused-ring (bicyclic) bond motifs is 1. The zero-order valence-corrected chi connectivity index (χ0v) is 15.7. The van der Waals surface area contributed by atoms with Crippen molar-refractivity contribution in [1.82, 2.24) is 14.3 Å². The van der Waals surface area contributed by atoms with E-state index in [-0.39, 0.29) is 17.4 Å². The Morgan fingerprint density at radius 3 is 2.67 bits per heavy atom. The Morgan fingerprint density at radius 2 is 1.96 bits per heavy atom. The molecule has 3 rings (SSSR count). The van der Waals surface area contributed by atoms with Gasteiger partial charge in [0.2, 0.25) is 0 Å². The molecule has 140 valence electrons. The van der Waals surface area contributed by atoms with Gasteiger partial charge in [0, 0.05) is 19.8 Å². The van der Waals surface area contributed by atoms with E-state index in [4.69, 9.17) is 4.74 Å². The summed E-state index contributed by atoms with van der Waals surface area (Å²) in [6.45, 7) is -0.0995. The van der Waals surface area contributed by atoms with Crippen LogP contribution in [0.3, 0.4) is 0 Å². The normalized spacial score (nSPS) is 10.8. The van der Waals surface area contributed by atoms with Crippen molar-refractivity contribution in [3.63, 3.8) is 0 Å². The largest absolute Gasteiger partial charge is 0.451 e. The first kappa shape index (κ1) is 18.9. The van der Waals surface area contributed by atoms with Crippen molar-refractivity contribution >= 4 is 29.2 Å². The Balaban J connectivity index is 1.63. The molecular weight excluding hydrogens is 369 g/mol. The number of nitrogens with zero attached hydrogens (tertiary/aromatic N) is 3. The van der Waals surface area contributed by atoms with Gasteiger partial charge in [-0.15, -0.1) is 0 Å². The zero-order valence-electron chi connectivity index (χ0n) is 14.9. The van der Waals surface area contributed by atoms with Crippen LogP contribution in [0.25, 0.3) is 5.52 Å². The fourth-order valence-electron chi connectivity index (χ4n) is 2.56. The molecular formula is C19H18FN3O3S. The topological polar surface area (TPSA) is 63.9 Å². The Kier molecular flexibility index (Phi) is 5.75. The number of carbonyl (C=O) groups excluding carboxylic acids is 2. The minimum Gasteiger partial charge on any atom is -0.451 e. The average Bonchev–Trinajstić information content (AvgIpc) is 3.06. The van der Waals surface area contributed by atoms with Crippen LogP contribution in [0.15, 0.2) is 53.8 Å². The van der Waals surface area contributed by atoms with E-state index >= 15 is 0 Å². The molecule has 27 heavy (non-hydrogen) atoms. The first-order chi connectivity index (χ1) is 13.0. The summed E-state index contributed by atoms with van der Waals surface area (Å²) in [5, 5.41) is 0.664. The van der Waals surface area contributed by atoms with E-state index in [1.807, 2.05) is 18.5 Å². The predicted molar refractivity (Wildman–Crippen MR) is 100 cm³/mol. The van der Waals surface area contributed by atoms with Crippen LogP contribution in [-0.2, 0) is 16.1 Å². The number of halogens is 1.